The van der Waals surface area contributed by atoms with Crippen LogP contribution in [0.5, 0.6) is 5.75 Å². The number of pyridine rings is 2. The highest BCUT2D eigenvalue weighted by Crippen LogP contribution is 2.42. The Hall–Kier alpha value is -3.85. The predicted octanol–water partition coefficient (Wildman–Crippen LogP) is 3.40. The highest BCUT2D eigenvalue weighted by Gasteiger charge is 2.26. The van der Waals surface area contributed by atoms with Crippen molar-refractivity contribution in [3.63, 3.8) is 0 Å². The zero-order valence-corrected chi connectivity index (χ0v) is 21.1. The van der Waals surface area contributed by atoms with Crippen LogP contribution in [0.2, 0.25) is 0 Å². The second-order valence-electron chi connectivity index (χ2n) is 9.70. The molecule has 0 spiro atoms. The number of aryl methyl sites for hydroxylation is 3. The first-order chi connectivity index (χ1) is 17.4. The van der Waals surface area contributed by atoms with Gasteiger partial charge in [-0.05, 0) is 19.1 Å². The van der Waals surface area contributed by atoms with Gasteiger partial charge >= 0.3 is 0 Å². The molecule has 0 radical (unpaired) electrons. The van der Waals surface area contributed by atoms with Crippen molar-refractivity contribution >= 4 is 28.0 Å². The zero-order valence-electron chi connectivity index (χ0n) is 21.1. The van der Waals surface area contributed by atoms with E-state index in [9.17, 15) is 4.79 Å². The Kier molecular flexibility index (Phi) is 5.44. The van der Waals surface area contributed by atoms with Gasteiger partial charge in [-0.15, -0.1) is 0 Å². The lowest BCUT2D eigenvalue weighted by Crippen LogP contribution is -2.37. The number of nitrogens with zero attached hydrogens (tertiary/aromatic N) is 6. The lowest BCUT2D eigenvalue weighted by Gasteiger charge is -2.37. The molecule has 1 fully saturated rings. The second kappa shape index (κ2) is 8.67. The van der Waals surface area contributed by atoms with Gasteiger partial charge in [-0.25, -0.2) is 0 Å². The number of fused-ring (bicyclic) bond motifs is 2. The molecule has 0 saturated carbocycles. The molecule has 5 heterocycles. The summed E-state index contributed by atoms with van der Waals surface area (Å²) in [6.07, 6.45) is 6.62. The van der Waals surface area contributed by atoms with Crippen LogP contribution in [0, 0.1) is 6.92 Å². The molecule has 3 aromatic heterocycles. The van der Waals surface area contributed by atoms with Crippen LogP contribution in [0.25, 0.3) is 22.2 Å². The van der Waals surface area contributed by atoms with Gasteiger partial charge in [0.25, 0.3) is 5.56 Å². The average molecular weight is 487 g/mol. The Balaban J connectivity index is 1.51. The number of anilines is 3. The van der Waals surface area contributed by atoms with Crippen LogP contribution in [-0.2, 0) is 18.8 Å². The smallest absolute Gasteiger partial charge is 0.253 e. The summed E-state index contributed by atoms with van der Waals surface area (Å²) in [5.41, 5.74) is 6.54. The van der Waals surface area contributed by atoms with Crippen LogP contribution in [0.4, 0.5) is 17.1 Å². The highest BCUT2D eigenvalue weighted by molar-refractivity contribution is 5.98. The van der Waals surface area contributed by atoms with Crippen molar-refractivity contribution in [2.45, 2.75) is 19.4 Å². The van der Waals surface area contributed by atoms with Gasteiger partial charge in [0.2, 0.25) is 0 Å². The van der Waals surface area contributed by atoms with E-state index in [1.807, 2.05) is 51.7 Å². The molecule has 2 aliphatic rings. The third-order valence-corrected chi connectivity index (χ3v) is 7.18. The maximum atomic E-state index is 12.8. The molecule has 1 unspecified atom stereocenters. The van der Waals surface area contributed by atoms with E-state index in [1.54, 1.807) is 9.25 Å². The third kappa shape index (κ3) is 3.80. The van der Waals surface area contributed by atoms with Crippen molar-refractivity contribution in [3.05, 3.63) is 58.8 Å². The van der Waals surface area contributed by atoms with E-state index in [-0.39, 0.29) is 11.7 Å². The Bertz CT molecular complexity index is 1520. The largest absolute Gasteiger partial charge is 0.488 e. The molecular formula is C27H30N6O3. The maximum Gasteiger partial charge on any atom is 0.253 e. The first-order valence-corrected chi connectivity index (χ1v) is 12.3. The van der Waals surface area contributed by atoms with E-state index in [4.69, 9.17) is 14.5 Å². The van der Waals surface area contributed by atoms with E-state index in [1.165, 1.54) is 0 Å². The van der Waals surface area contributed by atoms with Crippen LogP contribution in [0.1, 0.15) is 12.0 Å². The summed E-state index contributed by atoms with van der Waals surface area (Å²) in [4.78, 5) is 22.2. The van der Waals surface area contributed by atoms with Crippen LogP contribution in [0.3, 0.4) is 0 Å². The van der Waals surface area contributed by atoms with Gasteiger partial charge in [0, 0.05) is 75.5 Å². The summed E-state index contributed by atoms with van der Waals surface area (Å²) in [5.74, 6) is 0.743. The maximum absolute atomic E-state index is 12.8. The van der Waals surface area contributed by atoms with Crippen molar-refractivity contribution in [1.82, 2.24) is 19.3 Å². The van der Waals surface area contributed by atoms with Crippen molar-refractivity contribution in [2.24, 2.45) is 14.1 Å². The first kappa shape index (κ1) is 22.6. The summed E-state index contributed by atoms with van der Waals surface area (Å²) in [6.45, 7) is 4.78. The Morgan fingerprint density at radius 2 is 1.89 bits per heavy atom. The third-order valence-electron chi connectivity index (χ3n) is 7.18. The number of ether oxygens (including phenoxy) is 2. The molecule has 6 rings (SSSR count). The number of hydrogen-bond acceptors (Lipinski definition) is 7. The fraction of sp³-hybridized carbons (Fsp3) is 0.370. The van der Waals surface area contributed by atoms with E-state index < -0.39 is 0 Å². The zero-order chi connectivity index (χ0) is 25.0. The predicted molar refractivity (Wildman–Crippen MR) is 140 cm³/mol. The number of benzene rings is 1. The monoisotopic (exact) mass is 486 g/mol. The summed E-state index contributed by atoms with van der Waals surface area (Å²) in [6, 6.07) is 8.18. The fourth-order valence-electron chi connectivity index (χ4n) is 5.17. The molecule has 186 valence electrons. The van der Waals surface area contributed by atoms with E-state index in [0.717, 1.165) is 64.5 Å². The van der Waals surface area contributed by atoms with Crippen LogP contribution in [0.15, 0.2) is 47.7 Å². The van der Waals surface area contributed by atoms with E-state index in [2.05, 4.69) is 34.1 Å². The van der Waals surface area contributed by atoms with Gasteiger partial charge in [0.15, 0.2) is 0 Å². The molecule has 36 heavy (non-hydrogen) atoms. The fourth-order valence-corrected chi connectivity index (χ4v) is 5.17. The summed E-state index contributed by atoms with van der Waals surface area (Å²) >= 11 is 0. The summed E-state index contributed by atoms with van der Waals surface area (Å²) < 4.78 is 15.3. The minimum absolute atomic E-state index is 0.00337. The van der Waals surface area contributed by atoms with Crippen molar-refractivity contribution in [3.8, 4) is 17.0 Å². The molecule has 9 heteroatoms. The van der Waals surface area contributed by atoms with Crippen molar-refractivity contribution in [2.75, 3.05) is 43.2 Å². The van der Waals surface area contributed by atoms with Gasteiger partial charge in [-0.2, -0.15) is 5.10 Å². The molecule has 1 aromatic carbocycles. The molecule has 0 amide bonds. The number of aromatic nitrogens is 4. The van der Waals surface area contributed by atoms with Gasteiger partial charge < -0.3 is 23.8 Å². The summed E-state index contributed by atoms with van der Waals surface area (Å²) in [7, 11) is 5.83. The topological polar surface area (TPSA) is 77.7 Å². The Morgan fingerprint density at radius 3 is 2.64 bits per heavy atom. The van der Waals surface area contributed by atoms with Gasteiger partial charge in [-0.3, -0.25) is 14.5 Å². The molecular weight excluding hydrogens is 456 g/mol. The Labute approximate surface area is 209 Å². The summed E-state index contributed by atoms with van der Waals surface area (Å²) in [5, 5.41) is 5.31. The molecule has 9 nitrogen and oxygen atoms in total. The van der Waals surface area contributed by atoms with Gasteiger partial charge in [-0.1, -0.05) is 0 Å². The molecule has 0 bridgehead atoms. The lowest BCUT2D eigenvalue weighted by molar-refractivity contribution is 0.141. The first-order valence-electron chi connectivity index (χ1n) is 12.3. The standard InChI is InChI=1S/C27H30N6O3/c1-17-9-21-23(32(4)27(17)34)10-20(36-19-5-8-35-16-19)11-24(21)33-7-6-30(2)25-12-22(28-14-26(25)33)18-13-29-31(3)15-18/h9-15,19H,5-8,16H2,1-4H3. The van der Waals surface area contributed by atoms with Crippen LogP contribution in [-0.4, -0.2) is 58.8 Å². The van der Waals surface area contributed by atoms with E-state index in [0.29, 0.717) is 18.8 Å². The number of hydrogen-bond donors (Lipinski definition) is 0. The van der Waals surface area contributed by atoms with Crippen molar-refractivity contribution < 1.29 is 9.47 Å². The minimum Gasteiger partial charge on any atom is -0.488 e. The molecule has 0 N–H and O–H groups in total. The minimum atomic E-state index is -0.00337. The average Bonchev–Trinajstić information content (AvgIpc) is 3.55. The Morgan fingerprint density at radius 1 is 1.03 bits per heavy atom. The van der Waals surface area contributed by atoms with Crippen LogP contribution < -0.4 is 20.1 Å². The molecule has 2 aliphatic heterocycles. The van der Waals surface area contributed by atoms with Crippen molar-refractivity contribution in [1.29, 1.82) is 0 Å². The van der Waals surface area contributed by atoms with Gasteiger partial charge in [0.1, 0.15) is 11.9 Å². The SMILES string of the molecule is Cc1cc2c(N3CCN(C)c4cc(-c5cnn(C)c5)ncc43)cc(OC3CCOC3)cc2n(C)c1=O. The molecule has 1 saturated heterocycles. The van der Waals surface area contributed by atoms with E-state index >= 15 is 0 Å². The van der Waals surface area contributed by atoms with Crippen LogP contribution >= 0.6 is 0 Å². The lowest BCUT2D eigenvalue weighted by atomic mass is 10.1. The quantitative estimate of drug-likeness (QED) is 0.438. The highest BCUT2D eigenvalue weighted by atomic mass is 16.5. The molecule has 1 atom stereocenters. The van der Waals surface area contributed by atoms with Gasteiger partial charge in [0.05, 0.1) is 53.9 Å². The normalized spacial score (nSPS) is 17.6. The number of rotatable bonds is 4. The molecule has 0 aliphatic carbocycles. The molecule has 4 aromatic rings. The number of likely N-dealkylation sites (N-methyl/N-ethyl adjacent to an activating group) is 1. The second-order valence-corrected chi connectivity index (χ2v) is 9.70.